The molecule has 0 N–H and O–H groups in total. The van der Waals surface area contributed by atoms with Crippen molar-refractivity contribution in [3.8, 4) is 0 Å². The first-order valence-corrected chi connectivity index (χ1v) is 8.44. The Hall–Kier alpha value is -2.47. The highest BCUT2D eigenvalue weighted by Gasteiger charge is 2.32. The molecule has 0 aromatic carbocycles. The van der Waals surface area contributed by atoms with Crippen LogP contribution in [-0.2, 0) is 6.18 Å². The van der Waals surface area contributed by atoms with E-state index in [9.17, 15) is 13.2 Å². The van der Waals surface area contributed by atoms with E-state index >= 15 is 0 Å². The standard InChI is InChI=1S/C8H8F3N.C6H6ClN.C6H7N.CH4/c1-5-3-4-7(8(9,10)11)12-6(5)2;1-5-3-2-4-8-6(5)7;1-6-3-2-4-7-5-6;/h3-4H,1-2H3;2-4H,1H3;2-5H,1H3;1H4. The molecule has 28 heavy (non-hydrogen) atoms. The molecule has 0 spiro atoms. The second kappa shape index (κ2) is 12.1. The molecule has 152 valence electrons. The fourth-order valence-corrected chi connectivity index (χ4v) is 1.82. The quantitative estimate of drug-likeness (QED) is 0.382. The van der Waals surface area contributed by atoms with Gasteiger partial charge in [0.2, 0.25) is 0 Å². The average Bonchev–Trinajstić information content (AvgIpc) is 2.61. The van der Waals surface area contributed by atoms with E-state index in [1.807, 2.05) is 44.3 Å². The van der Waals surface area contributed by atoms with Gasteiger partial charge in [0, 0.05) is 24.3 Å². The summed E-state index contributed by atoms with van der Waals surface area (Å²) in [6, 6.07) is 10.1. The van der Waals surface area contributed by atoms with Gasteiger partial charge in [0.05, 0.1) is 0 Å². The summed E-state index contributed by atoms with van der Waals surface area (Å²) in [6.07, 6.45) is 0.945. The lowest BCUT2D eigenvalue weighted by atomic mass is 10.2. The number of aryl methyl sites for hydroxylation is 4. The predicted molar refractivity (Wildman–Crippen MR) is 108 cm³/mol. The first-order valence-electron chi connectivity index (χ1n) is 8.06. The minimum absolute atomic E-state index is 0. The molecule has 7 heteroatoms. The van der Waals surface area contributed by atoms with E-state index in [-0.39, 0.29) is 7.43 Å². The molecule has 0 atom stereocenters. The monoisotopic (exact) mass is 411 g/mol. The van der Waals surface area contributed by atoms with Crippen molar-refractivity contribution in [3.63, 3.8) is 0 Å². The zero-order valence-corrected chi connectivity index (χ0v) is 16.3. The molecule has 3 nitrogen and oxygen atoms in total. The summed E-state index contributed by atoms with van der Waals surface area (Å²) >= 11 is 5.60. The number of rotatable bonds is 0. The van der Waals surface area contributed by atoms with E-state index in [4.69, 9.17) is 11.6 Å². The summed E-state index contributed by atoms with van der Waals surface area (Å²) in [5.41, 5.74) is 2.59. The summed E-state index contributed by atoms with van der Waals surface area (Å²) in [5.74, 6) is 0. The maximum atomic E-state index is 12.0. The van der Waals surface area contributed by atoms with Crippen LogP contribution in [0.3, 0.4) is 0 Å². The Balaban J connectivity index is 0.000000400. The lowest BCUT2D eigenvalue weighted by Gasteiger charge is -2.06. The second-order valence-electron chi connectivity index (χ2n) is 5.74. The van der Waals surface area contributed by atoms with Gasteiger partial charge in [0.15, 0.2) is 0 Å². The maximum Gasteiger partial charge on any atom is 0.433 e. The van der Waals surface area contributed by atoms with Crippen LogP contribution >= 0.6 is 11.6 Å². The highest BCUT2D eigenvalue weighted by atomic mass is 35.5. The molecule has 0 aliphatic heterocycles. The summed E-state index contributed by atoms with van der Waals surface area (Å²) in [6.45, 7) is 7.23. The van der Waals surface area contributed by atoms with Crippen LogP contribution in [0.4, 0.5) is 13.2 Å². The lowest BCUT2D eigenvalue weighted by molar-refractivity contribution is -0.141. The third-order valence-corrected chi connectivity index (χ3v) is 3.79. The molecular formula is C21H25ClF3N3. The van der Waals surface area contributed by atoms with Gasteiger partial charge >= 0.3 is 6.18 Å². The Morgan fingerprint density at radius 3 is 1.86 bits per heavy atom. The van der Waals surface area contributed by atoms with Crippen LogP contribution in [0, 0.1) is 27.7 Å². The second-order valence-corrected chi connectivity index (χ2v) is 6.10. The van der Waals surface area contributed by atoms with Crippen LogP contribution in [0.15, 0.2) is 55.0 Å². The summed E-state index contributed by atoms with van der Waals surface area (Å²) in [4.78, 5) is 11.1. The molecule has 0 aliphatic carbocycles. The summed E-state index contributed by atoms with van der Waals surface area (Å²) in [5, 5.41) is 0.590. The van der Waals surface area contributed by atoms with E-state index in [0.29, 0.717) is 10.8 Å². The lowest BCUT2D eigenvalue weighted by Crippen LogP contribution is -2.08. The SMILES string of the molecule is C.Cc1ccc(C(F)(F)F)nc1C.Cc1cccnc1.Cc1cccnc1Cl. The van der Waals surface area contributed by atoms with Gasteiger partial charge in [-0.2, -0.15) is 13.2 Å². The zero-order chi connectivity index (χ0) is 20.4. The maximum absolute atomic E-state index is 12.0. The summed E-state index contributed by atoms with van der Waals surface area (Å²) in [7, 11) is 0. The number of nitrogens with zero attached hydrogens (tertiary/aromatic N) is 3. The molecule has 3 aromatic rings. The van der Waals surface area contributed by atoms with Gasteiger partial charge in [0.1, 0.15) is 10.8 Å². The third-order valence-electron chi connectivity index (χ3n) is 3.40. The van der Waals surface area contributed by atoms with Gasteiger partial charge in [-0.1, -0.05) is 37.2 Å². The molecule has 0 radical (unpaired) electrons. The van der Waals surface area contributed by atoms with Gasteiger partial charge in [-0.15, -0.1) is 0 Å². The number of pyridine rings is 3. The van der Waals surface area contributed by atoms with Gasteiger partial charge < -0.3 is 0 Å². The molecule has 0 aliphatic rings. The predicted octanol–water partition coefficient (Wildman–Crippen LogP) is 6.79. The smallest absolute Gasteiger partial charge is 0.264 e. The van der Waals surface area contributed by atoms with E-state index in [1.165, 1.54) is 11.6 Å². The Kier molecular flexibility index (Phi) is 11.0. The van der Waals surface area contributed by atoms with Crippen LogP contribution in [0.2, 0.25) is 5.15 Å². The topological polar surface area (TPSA) is 38.7 Å². The molecule has 3 heterocycles. The first-order chi connectivity index (χ1) is 12.6. The number of alkyl halides is 3. The van der Waals surface area contributed by atoms with Crippen LogP contribution in [0.1, 0.15) is 35.5 Å². The van der Waals surface area contributed by atoms with Gasteiger partial charge in [-0.3, -0.25) is 4.98 Å². The van der Waals surface area contributed by atoms with Crippen molar-refractivity contribution in [2.24, 2.45) is 0 Å². The Labute approximate surface area is 169 Å². The highest BCUT2D eigenvalue weighted by molar-refractivity contribution is 6.30. The van der Waals surface area contributed by atoms with Crippen LogP contribution in [0.25, 0.3) is 0 Å². The van der Waals surface area contributed by atoms with Crippen LogP contribution in [0.5, 0.6) is 0 Å². The minimum Gasteiger partial charge on any atom is -0.264 e. The van der Waals surface area contributed by atoms with Gasteiger partial charge in [-0.05, 0) is 62.6 Å². The average molecular weight is 412 g/mol. The molecule has 0 saturated heterocycles. The largest absolute Gasteiger partial charge is 0.433 e. The molecule has 0 bridgehead atoms. The van der Waals surface area contributed by atoms with Crippen LogP contribution < -0.4 is 0 Å². The van der Waals surface area contributed by atoms with Crippen molar-refractivity contribution in [1.82, 2.24) is 15.0 Å². The first kappa shape index (κ1) is 25.5. The molecule has 3 rings (SSSR count). The Morgan fingerprint density at radius 2 is 1.50 bits per heavy atom. The Bertz CT molecular complexity index is 817. The molecule has 0 amide bonds. The van der Waals surface area contributed by atoms with Gasteiger partial charge in [-0.25, -0.2) is 9.97 Å². The summed E-state index contributed by atoms with van der Waals surface area (Å²) < 4.78 is 36.1. The Morgan fingerprint density at radius 1 is 0.857 bits per heavy atom. The highest BCUT2D eigenvalue weighted by Crippen LogP contribution is 2.27. The normalized spacial score (nSPS) is 9.86. The molecule has 3 aromatic heterocycles. The van der Waals surface area contributed by atoms with Crippen molar-refractivity contribution in [2.45, 2.75) is 41.3 Å². The van der Waals surface area contributed by atoms with E-state index in [1.54, 1.807) is 26.2 Å². The van der Waals surface area contributed by atoms with E-state index < -0.39 is 11.9 Å². The fraction of sp³-hybridized carbons (Fsp3) is 0.286. The molecule has 0 unspecified atom stereocenters. The third kappa shape index (κ3) is 9.46. The molecular weight excluding hydrogens is 387 g/mol. The number of hydrogen-bond acceptors (Lipinski definition) is 3. The van der Waals surface area contributed by atoms with E-state index in [2.05, 4.69) is 15.0 Å². The fourth-order valence-electron chi connectivity index (χ4n) is 1.70. The van der Waals surface area contributed by atoms with Gasteiger partial charge in [0.25, 0.3) is 0 Å². The van der Waals surface area contributed by atoms with Crippen molar-refractivity contribution in [2.75, 3.05) is 0 Å². The number of halogens is 4. The van der Waals surface area contributed by atoms with E-state index in [0.717, 1.165) is 17.2 Å². The zero-order valence-electron chi connectivity index (χ0n) is 15.5. The van der Waals surface area contributed by atoms with Crippen molar-refractivity contribution in [3.05, 3.63) is 88.2 Å². The number of aromatic nitrogens is 3. The molecule has 0 fully saturated rings. The van der Waals surface area contributed by atoms with Crippen molar-refractivity contribution in [1.29, 1.82) is 0 Å². The number of hydrogen-bond donors (Lipinski definition) is 0. The minimum atomic E-state index is -4.33. The van der Waals surface area contributed by atoms with Crippen LogP contribution in [-0.4, -0.2) is 15.0 Å². The van der Waals surface area contributed by atoms with Crippen molar-refractivity contribution < 1.29 is 13.2 Å². The van der Waals surface area contributed by atoms with Crippen molar-refractivity contribution >= 4 is 11.6 Å². The molecule has 0 saturated carbocycles.